The van der Waals surface area contributed by atoms with E-state index in [4.69, 9.17) is 19.2 Å². The lowest BCUT2D eigenvalue weighted by atomic mass is 9.58. The molecule has 2 bridgehead atoms. The fourth-order valence-corrected chi connectivity index (χ4v) is 6.63. The summed E-state index contributed by atoms with van der Waals surface area (Å²) in [5.41, 5.74) is -1.53. The van der Waals surface area contributed by atoms with Gasteiger partial charge in [0.25, 0.3) is 0 Å². The molecular formula is C16H26O6S. The molecule has 0 unspecified atom stereocenters. The van der Waals surface area contributed by atoms with Gasteiger partial charge in [0.1, 0.15) is 0 Å². The third kappa shape index (κ3) is 2.16. The first kappa shape index (κ1) is 16.3. The van der Waals surface area contributed by atoms with Gasteiger partial charge in [0, 0.05) is 24.5 Å². The summed E-state index contributed by atoms with van der Waals surface area (Å²) in [7, 11) is -3.33. The summed E-state index contributed by atoms with van der Waals surface area (Å²) in [6.45, 7) is 6.04. The molecule has 23 heavy (non-hydrogen) atoms. The van der Waals surface area contributed by atoms with Gasteiger partial charge in [-0.15, -0.1) is 0 Å². The number of hydrogen-bond acceptors (Lipinski definition) is 6. The molecule has 0 radical (unpaired) electrons. The van der Waals surface area contributed by atoms with E-state index in [0.717, 1.165) is 25.7 Å². The standard InChI is InChI=1S/C16H26O6S/c1-9-5-6-12-10(2)13(23(4,17)18)19-14-16(12)11(9)7-8-15(3,20-14)21-22-16/h9-14H,5-8H2,1-4H3/t9-,10-,11+,12+,13-,14-,15-,16-/m1/s1. The molecule has 0 aromatic carbocycles. The maximum absolute atomic E-state index is 12.2. The zero-order chi connectivity index (χ0) is 16.6. The second-order valence-corrected chi connectivity index (χ2v) is 10.2. The van der Waals surface area contributed by atoms with Crippen molar-refractivity contribution in [3.63, 3.8) is 0 Å². The lowest BCUT2D eigenvalue weighted by Crippen LogP contribution is -2.70. The maximum Gasteiger partial charge on any atom is 0.201 e. The highest BCUT2D eigenvalue weighted by Crippen LogP contribution is 2.60. The Morgan fingerprint density at radius 2 is 1.78 bits per heavy atom. The van der Waals surface area contributed by atoms with Crippen LogP contribution >= 0.6 is 0 Å². The van der Waals surface area contributed by atoms with Gasteiger partial charge in [-0.1, -0.05) is 13.8 Å². The summed E-state index contributed by atoms with van der Waals surface area (Å²) in [5, 5.41) is 0. The van der Waals surface area contributed by atoms with Crippen molar-refractivity contribution in [2.24, 2.45) is 23.7 Å². The lowest BCUT2D eigenvalue weighted by molar-refractivity contribution is -0.568. The Balaban J connectivity index is 1.82. The average molecular weight is 346 g/mol. The molecule has 0 aromatic heterocycles. The van der Waals surface area contributed by atoms with Gasteiger partial charge >= 0.3 is 0 Å². The van der Waals surface area contributed by atoms with E-state index in [1.807, 2.05) is 13.8 Å². The van der Waals surface area contributed by atoms with Crippen molar-refractivity contribution in [1.29, 1.82) is 0 Å². The van der Waals surface area contributed by atoms with E-state index in [-0.39, 0.29) is 17.8 Å². The van der Waals surface area contributed by atoms with Crippen LogP contribution < -0.4 is 0 Å². The molecule has 4 aliphatic heterocycles. The summed E-state index contributed by atoms with van der Waals surface area (Å²) in [6.07, 6.45) is 4.22. The van der Waals surface area contributed by atoms with Crippen molar-refractivity contribution in [3.05, 3.63) is 0 Å². The summed E-state index contributed by atoms with van der Waals surface area (Å²) in [4.78, 5) is 11.7. The zero-order valence-corrected chi connectivity index (χ0v) is 15.0. The molecule has 0 aromatic rings. The van der Waals surface area contributed by atoms with Crippen molar-refractivity contribution in [2.75, 3.05) is 6.26 Å². The van der Waals surface area contributed by atoms with Crippen LogP contribution in [0, 0.1) is 23.7 Å². The zero-order valence-electron chi connectivity index (χ0n) is 14.2. The number of rotatable bonds is 1. The van der Waals surface area contributed by atoms with E-state index in [1.165, 1.54) is 6.26 Å². The van der Waals surface area contributed by atoms with Gasteiger partial charge < -0.3 is 9.47 Å². The van der Waals surface area contributed by atoms with Gasteiger partial charge in [-0.25, -0.2) is 18.2 Å². The molecule has 6 nitrogen and oxygen atoms in total. The molecule has 0 N–H and O–H groups in total. The summed E-state index contributed by atoms with van der Waals surface area (Å²) < 4.78 is 36.6. The Kier molecular flexibility index (Phi) is 3.47. The summed E-state index contributed by atoms with van der Waals surface area (Å²) in [5.74, 6) is -0.207. The topological polar surface area (TPSA) is 71.1 Å². The van der Waals surface area contributed by atoms with Crippen molar-refractivity contribution in [1.82, 2.24) is 0 Å². The summed E-state index contributed by atoms with van der Waals surface area (Å²) in [6, 6.07) is 0. The predicted octanol–water partition coefficient (Wildman–Crippen LogP) is 2.24. The maximum atomic E-state index is 12.2. The van der Waals surface area contributed by atoms with E-state index < -0.39 is 33.0 Å². The largest absolute Gasteiger partial charge is 0.330 e. The van der Waals surface area contributed by atoms with E-state index in [2.05, 4.69) is 6.92 Å². The minimum Gasteiger partial charge on any atom is -0.330 e. The fraction of sp³-hybridized carbons (Fsp3) is 1.00. The van der Waals surface area contributed by atoms with Crippen LogP contribution in [0.5, 0.6) is 0 Å². The molecule has 5 fully saturated rings. The molecule has 7 heteroatoms. The third-order valence-electron chi connectivity index (χ3n) is 6.52. The normalized spacial score (nSPS) is 56.0. The van der Waals surface area contributed by atoms with E-state index in [0.29, 0.717) is 5.92 Å². The first-order chi connectivity index (χ1) is 10.7. The van der Waals surface area contributed by atoms with E-state index in [9.17, 15) is 8.42 Å². The Labute approximate surface area is 137 Å². The lowest BCUT2D eigenvalue weighted by Gasteiger charge is -2.60. The van der Waals surface area contributed by atoms with Gasteiger partial charge in [-0.3, -0.25) is 0 Å². The second kappa shape index (κ2) is 4.91. The van der Waals surface area contributed by atoms with E-state index >= 15 is 0 Å². The minimum atomic E-state index is -3.33. The van der Waals surface area contributed by atoms with Crippen molar-refractivity contribution < 1.29 is 27.7 Å². The molecule has 0 amide bonds. The van der Waals surface area contributed by atoms with Crippen molar-refractivity contribution >= 4 is 9.84 Å². The molecule has 4 heterocycles. The highest BCUT2D eigenvalue weighted by Gasteiger charge is 2.70. The van der Waals surface area contributed by atoms with E-state index in [1.54, 1.807) is 0 Å². The highest BCUT2D eigenvalue weighted by molar-refractivity contribution is 7.91. The van der Waals surface area contributed by atoms with Crippen LogP contribution in [0.3, 0.4) is 0 Å². The molecule has 5 rings (SSSR count). The van der Waals surface area contributed by atoms with Crippen LogP contribution in [0.1, 0.15) is 46.5 Å². The van der Waals surface area contributed by atoms with Crippen molar-refractivity contribution in [3.8, 4) is 0 Å². The first-order valence-corrected chi connectivity index (χ1v) is 10.5. The molecule has 5 aliphatic rings. The van der Waals surface area contributed by atoms with Crippen LogP contribution in [0.25, 0.3) is 0 Å². The van der Waals surface area contributed by atoms with Gasteiger partial charge in [0.2, 0.25) is 5.79 Å². The van der Waals surface area contributed by atoms with Crippen molar-refractivity contribution in [2.45, 2.75) is 69.6 Å². The Bertz CT molecular complexity index is 606. The van der Waals surface area contributed by atoms with Gasteiger partial charge in [-0.05, 0) is 38.0 Å². The molecule has 8 atom stereocenters. The number of fused-ring (bicyclic) bond motifs is 2. The molecule has 1 saturated carbocycles. The second-order valence-electron chi connectivity index (χ2n) is 8.10. The van der Waals surface area contributed by atoms with Crippen LogP contribution in [-0.2, 0) is 29.1 Å². The van der Waals surface area contributed by atoms with Gasteiger partial charge in [0.05, 0.1) is 0 Å². The molecular weight excluding hydrogens is 320 g/mol. The monoisotopic (exact) mass is 346 g/mol. The SMILES string of the molecule is C[C@@H]1[C@@H]2CC[C@@H](C)[C@@H]3CC[C@@]4(C)OO[C@@]23[C@H](O[C@@H]1S(C)(=O)=O)O4. The quantitative estimate of drug-likeness (QED) is 0.678. The van der Waals surface area contributed by atoms with Crippen LogP contribution in [-0.4, -0.2) is 37.8 Å². The highest BCUT2D eigenvalue weighted by atomic mass is 32.2. The third-order valence-corrected chi connectivity index (χ3v) is 7.90. The molecule has 4 saturated heterocycles. The number of sulfone groups is 1. The first-order valence-electron chi connectivity index (χ1n) is 8.56. The molecule has 1 spiro atoms. The summed E-state index contributed by atoms with van der Waals surface area (Å²) >= 11 is 0. The fourth-order valence-electron chi connectivity index (χ4n) is 5.36. The Morgan fingerprint density at radius 3 is 2.48 bits per heavy atom. The molecule has 132 valence electrons. The minimum absolute atomic E-state index is 0.0600. The van der Waals surface area contributed by atoms with Crippen LogP contribution in [0.2, 0.25) is 0 Å². The van der Waals surface area contributed by atoms with Gasteiger partial charge in [-0.2, -0.15) is 0 Å². The number of ether oxygens (including phenoxy) is 2. The van der Waals surface area contributed by atoms with Crippen LogP contribution in [0.15, 0.2) is 0 Å². The van der Waals surface area contributed by atoms with Crippen LogP contribution in [0.4, 0.5) is 0 Å². The average Bonchev–Trinajstić information content (AvgIpc) is 2.68. The number of hydrogen-bond donors (Lipinski definition) is 0. The molecule has 1 aliphatic carbocycles. The Hall–Kier alpha value is -0.210. The smallest absolute Gasteiger partial charge is 0.201 e. The predicted molar refractivity (Wildman–Crippen MR) is 81.7 cm³/mol. The van der Waals surface area contributed by atoms with Gasteiger partial charge in [0.15, 0.2) is 27.2 Å². The Morgan fingerprint density at radius 1 is 1.04 bits per heavy atom.